The maximum Gasteiger partial charge on any atom is 0.437 e. The number of hydrogen-bond donors (Lipinski definition) is 1. The summed E-state index contributed by atoms with van der Waals surface area (Å²) in [5, 5.41) is 8.60. The smallest absolute Gasteiger partial charge is 0.387 e. The number of aromatic nitrogens is 2. The van der Waals surface area contributed by atoms with Gasteiger partial charge in [-0.2, -0.15) is 4.68 Å². The number of carbonyl (C=O) groups is 1. The third kappa shape index (κ3) is 3.54. The van der Waals surface area contributed by atoms with Crippen LogP contribution in [0.3, 0.4) is 0 Å². The molecule has 2 rings (SSSR count). The van der Waals surface area contributed by atoms with Crippen molar-refractivity contribution in [2.45, 2.75) is 20.4 Å². The summed E-state index contributed by atoms with van der Waals surface area (Å²) in [6.45, 7) is 4.44. The molecule has 19 heavy (non-hydrogen) atoms. The van der Waals surface area contributed by atoms with Crippen molar-refractivity contribution < 1.29 is 9.21 Å². The molecule has 0 aromatic carbocycles. The topological polar surface area (TPSA) is 77.1 Å². The van der Waals surface area contributed by atoms with Crippen LogP contribution >= 0.6 is 11.3 Å². The molecule has 1 N–H and O–H groups in total. The van der Waals surface area contributed by atoms with E-state index in [0.717, 1.165) is 9.56 Å². The van der Waals surface area contributed by atoms with Crippen molar-refractivity contribution in [3.8, 4) is 10.8 Å². The van der Waals surface area contributed by atoms with Gasteiger partial charge in [0.2, 0.25) is 5.91 Å². The van der Waals surface area contributed by atoms with E-state index in [1.54, 1.807) is 6.07 Å². The molecule has 0 saturated carbocycles. The van der Waals surface area contributed by atoms with Crippen LogP contribution < -0.4 is 11.1 Å². The van der Waals surface area contributed by atoms with Gasteiger partial charge in [-0.3, -0.25) is 4.79 Å². The van der Waals surface area contributed by atoms with Crippen LogP contribution in [0, 0.1) is 5.92 Å². The zero-order valence-corrected chi connectivity index (χ0v) is 11.6. The van der Waals surface area contributed by atoms with Gasteiger partial charge in [-0.15, -0.1) is 16.4 Å². The van der Waals surface area contributed by atoms with Crippen LogP contribution in [-0.2, 0) is 11.3 Å². The summed E-state index contributed by atoms with van der Waals surface area (Å²) in [6.07, 6.45) is 0. The van der Waals surface area contributed by atoms with Crippen LogP contribution in [-0.4, -0.2) is 22.2 Å². The minimum absolute atomic E-state index is 0.125. The van der Waals surface area contributed by atoms with Gasteiger partial charge >= 0.3 is 5.76 Å². The molecule has 0 unspecified atom stereocenters. The Labute approximate surface area is 114 Å². The van der Waals surface area contributed by atoms with E-state index in [-0.39, 0.29) is 18.3 Å². The maximum absolute atomic E-state index is 11.6. The molecular formula is C12H15N3O3S. The van der Waals surface area contributed by atoms with E-state index < -0.39 is 5.76 Å². The minimum Gasteiger partial charge on any atom is -0.387 e. The summed E-state index contributed by atoms with van der Waals surface area (Å²) >= 11 is 1.42. The van der Waals surface area contributed by atoms with Gasteiger partial charge in [-0.1, -0.05) is 19.9 Å². The Hall–Kier alpha value is -1.89. The summed E-state index contributed by atoms with van der Waals surface area (Å²) in [4.78, 5) is 23.9. The van der Waals surface area contributed by atoms with Crippen molar-refractivity contribution >= 4 is 17.2 Å². The lowest BCUT2D eigenvalue weighted by atomic mass is 10.2. The first-order chi connectivity index (χ1) is 9.06. The highest BCUT2D eigenvalue weighted by Crippen LogP contribution is 2.20. The normalized spacial score (nSPS) is 10.9. The van der Waals surface area contributed by atoms with Crippen LogP contribution in [0.25, 0.3) is 10.8 Å². The Balaban J connectivity index is 2.05. The van der Waals surface area contributed by atoms with Gasteiger partial charge in [0, 0.05) is 6.54 Å². The molecule has 2 heterocycles. The predicted molar refractivity (Wildman–Crippen MR) is 71.9 cm³/mol. The molecule has 0 aliphatic heterocycles. The second-order valence-electron chi connectivity index (χ2n) is 4.51. The Morgan fingerprint density at radius 3 is 3.00 bits per heavy atom. The molecular weight excluding hydrogens is 266 g/mol. The van der Waals surface area contributed by atoms with Crippen molar-refractivity contribution in [1.29, 1.82) is 0 Å². The molecule has 0 spiro atoms. The van der Waals surface area contributed by atoms with Gasteiger partial charge in [0.1, 0.15) is 6.54 Å². The molecule has 0 aliphatic rings. The molecule has 0 bridgehead atoms. The van der Waals surface area contributed by atoms with E-state index in [1.807, 2.05) is 25.3 Å². The number of carbonyl (C=O) groups excluding carboxylic acids is 1. The molecule has 1 amide bonds. The van der Waals surface area contributed by atoms with E-state index >= 15 is 0 Å². The Bertz CT molecular complexity index is 598. The molecule has 0 radical (unpaired) electrons. The lowest BCUT2D eigenvalue weighted by Crippen LogP contribution is -2.33. The van der Waals surface area contributed by atoms with Crippen molar-refractivity contribution in [3.05, 3.63) is 28.1 Å². The molecule has 0 fully saturated rings. The number of amides is 1. The fourth-order valence-corrected chi connectivity index (χ4v) is 2.06. The standard InChI is InChI=1S/C12H15N3O3S/c1-8(2)6-13-10(16)7-15-12(17)18-11(14-15)9-4-3-5-19-9/h3-5,8H,6-7H2,1-2H3,(H,13,16). The second-order valence-corrected chi connectivity index (χ2v) is 5.45. The van der Waals surface area contributed by atoms with Gasteiger partial charge in [-0.25, -0.2) is 4.79 Å². The molecule has 7 heteroatoms. The molecule has 2 aromatic heterocycles. The number of nitrogens with one attached hydrogen (secondary N) is 1. The van der Waals surface area contributed by atoms with Crippen LogP contribution in [0.4, 0.5) is 0 Å². The van der Waals surface area contributed by atoms with Crippen molar-refractivity contribution in [3.63, 3.8) is 0 Å². The average molecular weight is 281 g/mol. The van der Waals surface area contributed by atoms with E-state index in [9.17, 15) is 9.59 Å². The van der Waals surface area contributed by atoms with Gasteiger partial charge in [0.25, 0.3) is 5.89 Å². The Kier molecular flexibility index (Phi) is 4.16. The third-order valence-electron chi connectivity index (χ3n) is 2.34. The summed E-state index contributed by atoms with van der Waals surface area (Å²) in [5.74, 6) is -0.263. The van der Waals surface area contributed by atoms with Crippen molar-refractivity contribution in [2.24, 2.45) is 5.92 Å². The lowest BCUT2D eigenvalue weighted by Gasteiger charge is -2.06. The number of hydrogen-bond acceptors (Lipinski definition) is 5. The fourth-order valence-electron chi connectivity index (χ4n) is 1.42. The number of nitrogens with zero attached hydrogens (tertiary/aromatic N) is 2. The SMILES string of the molecule is CC(C)CNC(=O)Cn1nc(-c2cccs2)oc1=O. The van der Waals surface area contributed by atoms with Crippen molar-refractivity contribution in [1.82, 2.24) is 15.1 Å². The quantitative estimate of drug-likeness (QED) is 0.897. The van der Waals surface area contributed by atoms with E-state index in [1.165, 1.54) is 11.3 Å². The monoisotopic (exact) mass is 281 g/mol. The Morgan fingerprint density at radius 1 is 1.58 bits per heavy atom. The average Bonchev–Trinajstić information content (AvgIpc) is 2.97. The third-order valence-corrected chi connectivity index (χ3v) is 3.20. The van der Waals surface area contributed by atoms with Crippen LogP contribution in [0.15, 0.2) is 26.7 Å². The molecule has 0 atom stereocenters. The zero-order chi connectivity index (χ0) is 13.8. The van der Waals surface area contributed by atoms with Gasteiger partial charge in [0.05, 0.1) is 4.88 Å². The summed E-state index contributed by atoms with van der Waals surface area (Å²) in [5.41, 5.74) is 0. The summed E-state index contributed by atoms with van der Waals surface area (Å²) < 4.78 is 6.04. The first-order valence-electron chi connectivity index (χ1n) is 5.95. The molecule has 2 aromatic rings. The van der Waals surface area contributed by atoms with Crippen LogP contribution in [0.2, 0.25) is 0 Å². The summed E-state index contributed by atoms with van der Waals surface area (Å²) in [6, 6.07) is 3.65. The highest BCUT2D eigenvalue weighted by molar-refractivity contribution is 7.13. The second kappa shape index (κ2) is 5.83. The van der Waals surface area contributed by atoms with Crippen LogP contribution in [0.5, 0.6) is 0 Å². The lowest BCUT2D eigenvalue weighted by molar-refractivity contribution is -0.122. The van der Waals surface area contributed by atoms with E-state index in [4.69, 9.17) is 4.42 Å². The highest BCUT2D eigenvalue weighted by Gasteiger charge is 2.13. The highest BCUT2D eigenvalue weighted by atomic mass is 32.1. The molecule has 6 nitrogen and oxygen atoms in total. The molecule has 0 aliphatic carbocycles. The largest absolute Gasteiger partial charge is 0.437 e. The molecule has 0 saturated heterocycles. The predicted octanol–water partition coefficient (Wildman–Crippen LogP) is 1.34. The van der Waals surface area contributed by atoms with Gasteiger partial charge in [-0.05, 0) is 17.4 Å². The van der Waals surface area contributed by atoms with Gasteiger partial charge < -0.3 is 9.73 Å². The van der Waals surface area contributed by atoms with Crippen molar-refractivity contribution in [2.75, 3.05) is 6.54 Å². The van der Waals surface area contributed by atoms with E-state index in [0.29, 0.717) is 12.5 Å². The zero-order valence-electron chi connectivity index (χ0n) is 10.8. The first-order valence-corrected chi connectivity index (χ1v) is 6.82. The van der Waals surface area contributed by atoms with E-state index in [2.05, 4.69) is 10.4 Å². The van der Waals surface area contributed by atoms with Crippen LogP contribution in [0.1, 0.15) is 13.8 Å². The minimum atomic E-state index is -0.622. The number of rotatable bonds is 5. The fraction of sp³-hybridized carbons (Fsp3) is 0.417. The Morgan fingerprint density at radius 2 is 2.37 bits per heavy atom. The molecule has 102 valence electrons. The maximum atomic E-state index is 11.6. The first kappa shape index (κ1) is 13.5. The summed E-state index contributed by atoms with van der Waals surface area (Å²) in [7, 11) is 0. The van der Waals surface area contributed by atoms with Gasteiger partial charge in [0.15, 0.2) is 0 Å². The number of thiophene rings is 1.